The molecule has 1 heterocycles. The molecule has 1 saturated heterocycles. The first-order chi connectivity index (χ1) is 8.58. The van der Waals surface area contributed by atoms with Gasteiger partial charge in [0.25, 0.3) is 0 Å². The van der Waals surface area contributed by atoms with E-state index in [0.717, 1.165) is 24.2 Å². The van der Waals surface area contributed by atoms with E-state index < -0.39 is 0 Å². The van der Waals surface area contributed by atoms with Crippen LogP contribution >= 0.6 is 0 Å². The molecule has 0 radical (unpaired) electrons. The van der Waals surface area contributed by atoms with Gasteiger partial charge >= 0.3 is 0 Å². The first-order valence-electron chi connectivity index (χ1n) is 6.78. The zero-order valence-electron chi connectivity index (χ0n) is 11.7. The second-order valence-corrected chi connectivity index (χ2v) is 5.59. The minimum Gasteiger partial charge on any atom is -0.507 e. The average Bonchev–Trinajstić information content (AvgIpc) is 2.35. The minimum atomic E-state index is 0.447. The van der Waals surface area contributed by atoms with Crippen LogP contribution in [0.15, 0.2) is 12.1 Å². The number of aryl methyl sites for hydroxylation is 1. The Morgan fingerprint density at radius 1 is 1.33 bits per heavy atom. The maximum Gasteiger partial charge on any atom is 0.122 e. The number of nitrogens with zero attached hydrogens (tertiary/aromatic N) is 1. The molecule has 1 aromatic rings. The molecule has 0 amide bonds. The normalized spacial score (nSPS) is 20.3. The van der Waals surface area contributed by atoms with E-state index >= 15 is 0 Å². The zero-order chi connectivity index (χ0) is 13.1. The minimum absolute atomic E-state index is 0.447. The molecule has 100 valence electrons. The van der Waals surface area contributed by atoms with E-state index in [1.165, 1.54) is 24.8 Å². The Kier molecular flexibility index (Phi) is 4.25. The Morgan fingerprint density at radius 2 is 2.11 bits per heavy atom. The fourth-order valence-electron chi connectivity index (χ4n) is 2.68. The third-order valence-corrected chi connectivity index (χ3v) is 3.60. The fourth-order valence-corrected chi connectivity index (χ4v) is 2.68. The maximum atomic E-state index is 10.1. The summed E-state index contributed by atoms with van der Waals surface area (Å²) in [5.41, 5.74) is 3.33. The molecule has 2 rings (SSSR count). The standard InChI is InChI=1S/C15H24N2O/c1-11-8-12(14-6-4-5-7-16-14)9-13(15(11)18)10-17(2)3/h8-9,14,16,18H,4-7,10H2,1-3H3. The molecule has 3 heteroatoms. The van der Waals surface area contributed by atoms with Crippen molar-refractivity contribution in [3.05, 3.63) is 28.8 Å². The molecular weight excluding hydrogens is 224 g/mol. The van der Waals surface area contributed by atoms with Gasteiger partial charge in [-0.1, -0.05) is 12.5 Å². The van der Waals surface area contributed by atoms with E-state index in [0.29, 0.717) is 11.8 Å². The van der Waals surface area contributed by atoms with Gasteiger partial charge in [0.1, 0.15) is 5.75 Å². The topological polar surface area (TPSA) is 35.5 Å². The lowest BCUT2D eigenvalue weighted by molar-refractivity contribution is 0.381. The van der Waals surface area contributed by atoms with Crippen molar-refractivity contribution in [2.75, 3.05) is 20.6 Å². The number of rotatable bonds is 3. The fraction of sp³-hybridized carbons (Fsp3) is 0.600. The molecule has 0 aromatic heterocycles. The second-order valence-electron chi connectivity index (χ2n) is 5.59. The quantitative estimate of drug-likeness (QED) is 0.863. The van der Waals surface area contributed by atoms with Crippen LogP contribution < -0.4 is 5.32 Å². The number of piperidine rings is 1. The number of benzene rings is 1. The highest BCUT2D eigenvalue weighted by molar-refractivity contribution is 5.44. The Hall–Kier alpha value is -1.06. The number of hydrogen-bond acceptors (Lipinski definition) is 3. The first kappa shape index (κ1) is 13.4. The third-order valence-electron chi connectivity index (χ3n) is 3.60. The molecule has 2 N–H and O–H groups in total. The number of hydrogen-bond donors (Lipinski definition) is 2. The van der Waals surface area contributed by atoms with E-state index in [1.807, 2.05) is 21.0 Å². The number of phenols is 1. The summed E-state index contributed by atoms with van der Waals surface area (Å²) in [7, 11) is 4.06. The SMILES string of the molecule is Cc1cc(C2CCCCN2)cc(CN(C)C)c1O. The molecule has 18 heavy (non-hydrogen) atoms. The summed E-state index contributed by atoms with van der Waals surface area (Å²) in [5.74, 6) is 0.447. The molecule has 0 bridgehead atoms. The van der Waals surface area contributed by atoms with Crippen molar-refractivity contribution in [1.29, 1.82) is 0 Å². The molecule has 0 saturated carbocycles. The Balaban J connectivity index is 2.27. The first-order valence-corrected chi connectivity index (χ1v) is 6.78. The van der Waals surface area contributed by atoms with Crippen molar-refractivity contribution in [3.63, 3.8) is 0 Å². The predicted molar refractivity (Wildman–Crippen MR) is 74.8 cm³/mol. The van der Waals surface area contributed by atoms with E-state index in [1.54, 1.807) is 0 Å². The van der Waals surface area contributed by atoms with Crippen LogP contribution in [0.5, 0.6) is 5.75 Å². The van der Waals surface area contributed by atoms with Gasteiger partial charge < -0.3 is 15.3 Å². The average molecular weight is 248 g/mol. The van der Waals surface area contributed by atoms with Gasteiger partial charge in [0.15, 0.2) is 0 Å². The predicted octanol–water partition coefficient (Wildman–Crippen LogP) is 2.58. The summed E-state index contributed by atoms with van der Waals surface area (Å²) in [6.45, 7) is 3.88. The lowest BCUT2D eigenvalue weighted by Crippen LogP contribution is -2.27. The Labute approximate surface area is 110 Å². The van der Waals surface area contributed by atoms with Crippen LogP contribution in [0.2, 0.25) is 0 Å². The molecule has 0 spiro atoms. The molecule has 1 fully saturated rings. The molecule has 1 aliphatic rings. The lowest BCUT2D eigenvalue weighted by atomic mass is 9.94. The van der Waals surface area contributed by atoms with Gasteiger partial charge in [-0.25, -0.2) is 0 Å². The molecule has 0 aliphatic carbocycles. The van der Waals surface area contributed by atoms with E-state index in [9.17, 15) is 5.11 Å². The summed E-state index contributed by atoms with van der Waals surface area (Å²) in [4.78, 5) is 2.09. The van der Waals surface area contributed by atoms with E-state index in [-0.39, 0.29) is 0 Å². The number of nitrogens with one attached hydrogen (secondary N) is 1. The number of phenolic OH excluding ortho intramolecular Hbond substituents is 1. The van der Waals surface area contributed by atoms with Crippen LogP contribution in [-0.2, 0) is 6.54 Å². The largest absolute Gasteiger partial charge is 0.507 e. The monoisotopic (exact) mass is 248 g/mol. The van der Waals surface area contributed by atoms with Crippen LogP contribution in [0.1, 0.15) is 42.0 Å². The van der Waals surface area contributed by atoms with Crippen molar-refractivity contribution in [2.45, 2.75) is 38.8 Å². The highest BCUT2D eigenvalue weighted by atomic mass is 16.3. The maximum absolute atomic E-state index is 10.1. The number of aromatic hydroxyl groups is 1. The molecule has 3 nitrogen and oxygen atoms in total. The van der Waals surface area contributed by atoms with Crippen LogP contribution in [0.25, 0.3) is 0 Å². The molecule has 1 unspecified atom stereocenters. The zero-order valence-corrected chi connectivity index (χ0v) is 11.7. The van der Waals surface area contributed by atoms with Crippen molar-refractivity contribution in [2.24, 2.45) is 0 Å². The Morgan fingerprint density at radius 3 is 2.72 bits per heavy atom. The second kappa shape index (κ2) is 5.72. The highest BCUT2D eigenvalue weighted by Crippen LogP contribution is 2.30. The molecular formula is C15H24N2O. The van der Waals surface area contributed by atoms with E-state index in [4.69, 9.17) is 0 Å². The molecule has 1 aliphatic heterocycles. The van der Waals surface area contributed by atoms with Crippen LogP contribution in [0.3, 0.4) is 0 Å². The van der Waals surface area contributed by atoms with Crippen LogP contribution in [0.4, 0.5) is 0 Å². The van der Waals surface area contributed by atoms with Gasteiger partial charge in [-0.15, -0.1) is 0 Å². The van der Waals surface area contributed by atoms with Crippen LogP contribution in [0, 0.1) is 6.92 Å². The van der Waals surface area contributed by atoms with Gasteiger partial charge in [-0.2, -0.15) is 0 Å². The highest BCUT2D eigenvalue weighted by Gasteiger charge is 2.17. The smallest absolute Gasteiger partial charge is 0.122 e. The Bertz CT molecular complexity index is 409. The van der Waals surface area contributed by atoms with Crippen molar-refractivity contribution in [1.82, 2.24) is 10.2 Å². The van der Waals surface area contributed by atoms with Crippen molar-refractivity contribution < 1.29 is 5.11 Å². The van der Waals surface area contributed by atoms with Crippen LogP contribution in [-0.4, -0.2) is 30.6 Å². The van der Waals surface area contributed by atoms with E-state index in [2.05, 4.69) is 22.3 Å². The van der Waals surface area contributed by atoms with Gasteiger partial charge in [-0.05, 0) is 57.6 Å². The summed E-state index contributed by atoms with van der Waals surface area (Å²) in [6.07, 6.45) is 3.77. The van der Waals surface area contributed by atoms with Gasteiger partial charge in [0, 0.05) is 18.2 Å². The van der Waals surface area contributed by atoms with Crippen molar-refractivity contribution in [3.8, 4) is 5.75 Å². The summed E-state index contributed by atoms with van der Waals surface area (Å²) >= 11 is 0. The molecule has 1 atom stereocenters. The molecule has 1 aromatic carbocycles. The summed E-state index contributed by atoms with van der Waals surface area (Å²) in [6, 6.07) is 4.74. The summed E-state index contributed by atoms with van der Waals surface area (Å²) in [5, 5.41) is 13.7. The van der Waals surface area contributed by atoms with Crippen molar-refractivity contribution >= 4 is 0 Å². The summed E-state index contributed by atoms with van der Waals surface area (Å²) < 4.78 is 0. The lowest BCUT2D eigenvalue weighted by Gasteiger charge is -2.25. The van der Waals surface area contributed by atoms with Gasteiger partial charge in [-0.3, -0.25) is 0 Å². The van der Waals surface area contributed by atoms with Gasteiger partial charge in [0.2, 0.25) is 0 Å². The van der Waals surface area contributed by atoms with Gasteiger partial charge in [0.05, 0.1) is 0 Å². The third kappa shape index (κ3) is 3.03.